The minimum Gasteiger partial charge on any atom is -0.493 e. The van der Waals surface area contributed by atoms with E-state index >= 15 is 0 Å². The first kappa shape index (κ1) is 19.0. The zero-order valence-corrected chi connectivity index (χ0v) is 15.5. The topological polar surface area (TPSA) is 72.0 Å². The fourth-order valence-corrected chi connectivity index (χ4v) is 2.43. The molecule has 142 valence electrons. The number of hydrogen-bond acceptors (Lipinski definition) is 5. The maximum atomic E-state index is 11.9. The largest absolute Gasteiger partial charge is 0.493 e. The number of methoxy groups -OCH3 is 1. The van der Waals surface area contributed by atoms with E-state index in [1.807, 2.05) is 66.7 Å². The molecule has 28 heavy (non-hydrogen) atoms. The Kier molecular flexibility index (Phi) is 6.62. The number of rotatable bonds is 8. The van der Waals surface area contributed by atoms with Gasteiger partial charge in [0.25, 0.3) is 5.91 Å². The molecule has 6 heteroatoms. The van der Waals surface area contributed by atoms with E-state index in [9.17, 15) is 4.79 Å². The van der Waals surface area contributed by atoms with Crippen molar-refractivity contribution >= 4 is 23.5 Å². The summed E-state index contributed by atoms with van der Waals surface area (Å²) < 4.78 is 10.6. The Morgan fingerprint density at radius 3 is 2.25 bits per heavy atom. The molecule has 0 radical (unpaired) electrons. The smallest absolute Gasteiger partial charge is 0.277 e. The molecule has 6 nitrogen and oxygen atoms in total. The van der Waals surface area contributed by atoms with Crippen LogP contribution in [-0.4, -0.2) is 25.8 Å². The molecule has 0 aromatic heterocycles. The van der Waals surface area contributed by atoms with E-state index in [1.165, 1.54) is 0 Å². The summed E-state index contributed by atoms with van der Waals surface area (Å²) in [5.41, 5.74) is 5.30. The highest BCUT2D eigenvalue weighted by atomic mass is 16.5. The van der Waals surface area contributed by atoms with Crippen molar-refractivity contribution in [3.05, 3.63) is 84.4 Å². The van der Waals surface area contributed by atoms with Crippen LogP contribution in [0.25, 0.3) is 0 Å². The van der Waals surface area contributed by atoms with E-state index in [0.29, 0.717) is 11.5 Å². The number of hydrazone groups is 1. The van der Waals surface area contributed by atoms with Gasteiger partial charge < -0.3 is 14.8 Å². The van der Waals surface area contributed by atoms with Gasteiger partial charge in [-0.1, -0.05) is 42.5 Å². The Hall–Kier alpha value is -3.80. The van der Waals surface area contributed by atoms with E-state index in [-0.39, 0.29) is 12.5 Å². The summed E-state index contributed by atoms with van der Waals surface area (Å²) in [6.07, 6.45) is 1.58. The van der Waals surface area contributed by atoms with Gasteiger partial charge >= 0.3 is 0 Å². The molecule has 1 amide bonds. The van der Waals surface area contributed by atoms with Crippen molar-refractivity contribution in [3.63, 3.8) is 0 Å². The molecule has 0 heterocycles. The van der Waals surface area contributed by atoms with Gasteiger partial charge in [0.05, 0.1) is 13.3 Å². The minimum atomic E-state index is -0.357. The van der Waals surface area contributed by atoms with Crippen molar-refractivity contribution in [1.82, 2.24) is 5.43 Å². The second-order valence-electron chi connectivity index (χ2n) is 5.85. The van der Waals surface area contributed by atoms with Crippen LogP contribution in [0, 0.1) is 0 Å². The Balaban J connectivity index is 1.46. The predicted molar refractivity (Wildman–Crippen MR) is 110 cm³/mol. The van der Waals surface area contributed by atoms with Crippen LogP contribution in [0.4, 0.5) is 11.4 Å². The Labute approximate surface area is 163 Å². The Morgan fingerprint density at radius 1 is 0.893 bits per heavy atom. The fraction of sp³-hybridized carbons (Fsp3) is 0.0909. The van der Waals surface area contributed by atoms with E-state index in [1.54, 1.807) is 25.5 Å². The summed E-state index contributed by atoms with van der Waals surface area (Å²) in [4.78, 5) is 11.9. The molecule has 0 saturated heterocycles. The SMILES string of the molecule is COc1ccccc1OCC(=O)N/N=C\c1ccc(Nc2ccccc2)cc1. The van der Waals surface area contributed by atoms with Crippen LogP contribution in [0.2, 0.25) is 0 Å². The number of anilines is 2. The molecule has 0 spiro atoms. The monoisotopic (exact) mass is 375 g/mol. The Bertz CT molecular complexity index is 925. The molecule has 3 rings (SSSR count). The number of benzene rings is 3. The molecule has 0 aliphatic carbocycles. The molecule has 0 aliphatic rings. The highest BCUT2D eigenvalue weighted by Crippen LogP contribution is 2.25. The summed E-state index contributed by atoms with van der Waals surface area (Å²) in [7, 11) is 1.55. The lowest BCUT2D eigenvalue weighted by Gasteiger charge is -2.09. The molecule has 0 fully saturated rings. The van der Waals surface area contributed by atoms with Crippen LogP contribution >= 0.6 is 0 Å². The summed E-state index contributed by atoms with van der Waals surface area (Å²) in [6, 6.07) is 24.8. The lowest BCUT2D eigenvalue weighted by atomic mass is 10.2. The van der Waals surface area contributed by atoms with Gasteiger partial charge in [-0.3, -0.25) is 4.79 Å². The van der Waals surface area contributed by atoms with Crippen LogP contribution in [0.5, 0.6) is 11.5 Å². The van der Waals surface area contributed by atoms with Crippen molar-refractivity contribution in [2.24, 2.45) is 5.10 Å². The van der Waals surface area contributed by atoms with Crippen LogP contribution < -0.4 is 20.2 Å². The molecular weight excluding hydrogens is 354 g/mol. The quantitative estimate of drug-likeness (QED) is 0.462. The number of para-hydroxylation sites is 3. The highest BCUT2D eigenvalue weighted by Gasteiger charge is 2.05. The molecule has 3 aromatic carbocycles. The third-order valence-electron chi connectivity index (χ3n) is 3.80. The van der Waals surface area contributed by atoms with Gasteiger partial charge in [0.2, 0.25) is 0 Å². The predicted octanol–water partition coefficient (Wildman–Crippen LogP) is 3.97. The number of amides is 1. The van der Waals surface area contributed by atoms with Crippen LogP contribution in [0.3, 0.4) is 0 Å². The number of ether oxygens (including phenoxy) is 2. The first-order valence-electron chi connectivity index (χ1n) is 8.74. The normalized spacial score (nSPS) is 10.5. The summed E-state index contributed by atoms with van der Waals surface area (Å²) in [6.45, 7) is -0.155. The van der Waals surface area contributed by atoms with Gasteiger partial charge in [0.1, 0.15) is 0 Å². The number of carbonyl (C=O) groups excluding carboxylic acids is 1. The van der Waals surface area contributed by atoms with Crippen molar-refractivity contribution in [1.29, 1.82) is 0 Å². The maximum absolute atomic E-state index is 11.9. The van der Waals surface area contributed by atoms with E-state index in [2.05, 4.69) is 15.8 Å². The second-order valence-corrected chi connectivity index (χ2v) is 5.85. The van der Waals surface area contributed by atoms with Gasteiger partial charge in [-0.15, -0.1) is 0 Å². The summed E-state index contributed by atoms with van der Waals surface area (Å²) >= 11 is 0. The highest BCUT2D eigenvalue weighted by molar-refractivity contribution is 5.83. The van der Waals surface area contributed by atoms with Crippen molar-refractivity contribution in [2.75, 3.05) is 19.0 Å². The standard InChI is InChI=1S/C22H21N3O3/c1-27-20-9-5-6-10-21(20)28-16-22(26)25-23-15-17-11-13-19(14-12-17)24-18-7-3-2-4-8-18/h2-15,24H,16H2,1H3,(H,25,26)/b23-15-. The second kappa shape index (κ2) is 9.78. The third kappa shape index (κ3) is 5.60. The maximum Gasteiger partial charge on any atom is 0.277 e. The summed E-state index contributed by atoms with van der Waals surface area (Å²) in [5, 5.41) is 7.26. The van der Waals surface area contributed by atoms with Crippen LogP contribution in [0.15, 0.2) is 84.0 Å². The number of nitrogens with zero attached hydrogens (tertiary/aromatic N) is 1. The third-order valence-corrected chi connectivity index (χ3v) is 3.80. The first-order valence-corrected chi connectivity index (χ1v) is 8.74. The average molecular weight is 375 g/mol. The lowest BCUT2D eigenvalue weighted by molar-refractivity contribution is -0.123. The van der Waals surface area contributed by atoms with Crippen molar-refractivity contribution in [2.45, 2.75) is 0 Å². The molecule has 2 N–H and O–H groups in total. The van der Waals surface area contributed by atoms with Crippen LogP contribution in [0.1, 0.15) is 5.56 Å². The molecule has 0 atom stereocenters. The molecule has 0 unspecified atom stereocenters. The molecule has 0 aliphatic heterocycles. The minimum absolute atomic E-state index is 0.155. The van der Waals surface area contributed by atoms with Crippen LogP contribution in [-0.2, 0) is 4.79 Å². The van der Waals surface area contributed by atoms with E-state index in [0.717, 1.165) is 16.9 Å². The van der Waals surface area contributed by atoms with Gasteiger partial charge in [-0.25, -0.2) is 5.43 Å². The van der Waals surface area contributed by atoms with E-state index in [4.69, 9.17) is 9.47 Å². The Morgan fingerprint density at radius 2 is 1.54 bits per heavy atom. The lowest BCUT2D eigenvalue weighted by Crippen LogP contribution is -2.24. The van der Waals surface area contributed by atoms with Gasteiger partial charge in [0, 0.05) is 11.4 Å². The number of carbonyl (C=O) groups is 1. The average Bonchev–Trinajstić information content (AvgIpc) is 2.74. The fourth-order valence-electron chi connectivity index (χ4n) is 2.43. The molecular formula is C22H21N3O3. The zero-order chi connectivity index (χ0) is 19.6. The van der Waals surface area contributed by atoms with Gasteiger partial charge in [-0.2, -0.15) is 5.10 Å². The van der Waals surface area contributed by atoms with Gasteiger partial charge in [0.15, 0.2) is 18.1 Å². The molecule has 0 bridgehead atoms. The van der Waals surface area contributed by atoms with E-state index < -0.39 is 0 Å². The number of hydrogen-bond donors (Lipinski definition) is 2. The molecule has 0 saturated carbocycles. The summed E-state index contributed by atoms with van der Waals surface area (Å²) in [5.74, 6) is 0.721. The number of nitrogens with one attached hydrogen (secondary N) is 2. The zero-order valence-electron chi connectivity index (χ0n) is 15.5. The van der Waals surface area contributed by atoms with Gasteiger partial charge in [-0.05, 0) is 42.0 Å². The van der Waals surface area contributed by atoms with Crippen molar-refractivity contribution < 1.29 is 14.3 Å². The molecule has 3 aromatic rings. The van der Waals surface area contributed by atoms with Crippen molar-refractivity contribution in [3.8, 4) is 11.5 Å². The first-order chi connectivity index (χ1) is 13.7.